The zero-order valence-electron chi connectivity index (χ0n) is 31.7. The summed E-state index contributed by atoms with van der Waals surface area (Å²) < 4.78 is 106. The van der Waals surface area contributed by atoms with Crippen LogP contribution in [-0.2, 0) is 39.4 Å². The van der Waals surface area contributed by atoms with Crippen LogP contribution >= 0.6 is 0 Å². The van der Waals surface area contributed by atoms with Gasteiger partial charge in [0.15, 0.2) is 28.2 Å². The van der Waals surface area contributed by atoms with E-state index >= 15 is 0 Å². The summed E-state index contributed by atoms with van der Waals surface area (Å²) in [5.41, 5.74) is 5.98. The van der Waals surface area contributed by atoms with Crippen molar-refractivity contribution in [2.45, 2.75) is 75.1 Å². The Morgan fingerprint density at radius 2 is 1.29 bits per heavy atom. The highest BCUT2D eigenvalue weighted by molar-refractivity contribution is 7.89. The number of sulfonamides is 1. The standard InChI is InChI=1S/C44H40F5N3O6S/c45-37-38(46)40(48)42(41(49)39(37)47)59(55,56)52-23-22-35(52)44(54)51(25-28-16-18-32(19-17-28)31-14-8-3-9-15-31)33-20-21-34(36(24-33)57-26-29-10-4-1-5-11-29)43(53)50-58-27-30-12-6-2-7-13-30/h1-2,4-7,10-13,16-21,24,31,35H,3,8-9,14-15,22-23,25-27H2,(H,50,53). The smallest absolute Gasteiger partial charge is 0.278 e. The highest BCUT2D eigenvalue weighted by Gasteiger charge is 2.48. The number of hydrogen-bond donors (Lipinski definition) is 1. The van der Waals surface area contributed by atoms with Crippen LogP contribution in [0.5, 0.6) is 5.75 Å². The minimum absolute atomic E-state index is 0.0165. The predicted molar refractivity (Wildman–Crippen MR) is 208 cm³/mol. The highest BCUT2D eigenvalue weighted by Crippen LogP contribution is 2.37. The zero-order valence-corrected chi connectivity index (χ0v) is 32.5. The number of anilines is 1. The van der Waals surface area contributed by atoms with Crippen LogP contribution < -0.4 is 15.1 Å². The lowest BCUT2D eigenvalue weighted by Crippen LogP contribution is -2.59. The van der Waals surface area contributed by atoms with E-state index in [1.54, 1.807) is 0 Å². The van der Waals surface area contributed by atoms with Crippen molar-refractivity contribution in [3.63, 3.8) is 0 Å². The Morgan fingerprint density at radius 1 is 0.695 bits per heavy atom. The van der Waals surface area contributed by atoms with Gasteiger partial charge in [-0.05, 0) is 59.6 Å². The molecule has 1 N–H and O–H groups in total. The fraction of sp³-hybridized carbons (Fsp3) is 0.273. The van der Waals surface area contributed by atoms with Crippen molar-refractivity contribution in [2.24, 2.45) is 0 Å². The molecule has 1 saturated carbocycles. The summed E-state index contributed by atoms with van der Waals surface area (Å²) in [5.74, 6) is -13.5. The molecule has 1 saturated heterocycles. The number of carbonyl (C=O) groups excluding carboxylic acids is 2. The fourth-order valence-electron chi connectivity index (χ4n) is 7.35. The molecule has 0 aromatic heterocycles. The molecule has 5 aromatic carbocycles. The van der Waals surface area contributed by atoms with Crippen LogP contribution in [0.2, 0.25) is 0 Å². The van der Waals surface area contributed by atoms with Gasteiger partial charge in [0.25, 0.3) is 5.91 Å². The number of carbonyl (C=O) groups is 2. The molecule has 0 radical (unpaired) electrons. The maximum absolute atomic E-state index is 14.9. The summed E-state index contributed by atoms with van der Waals surface area (Å²) in [7, 11) is -5.42. The number of hydrogen-bond acceptors (Lipinski definition) is 6. The number of halogens is 5. The Morgan fingerprint density at radius 3 is 1.88 bits per heavy atom. The molecule has 2 aliphatic rings. The molecule has 2 amide bonds. The Hall–Kier alpha value is -5.64. The Balaban J connectivity index is 1.23. The Bertz CT molecular complexity index is 2390. The first-order chi connectivity index (χ1) is 28.4. The van der Waals surface area contributed by atoms with E-state index in [0.717, 1.165) is 42.4 Å². The minimum Gasteiger partial charge on any atom is -0.488 e. The van der Waals surface area contributed by atoms with Crippen molar-refractivity contribution in [1.82, 2.24) is 9.79 Å². The molecule has 15 heteroatoms. The van der Waals surface area contributed by atoms with Gasteiger partial charge in [0.1, 0.15) is 18.4 Å². The first-order valence-electron chi connectivity index (χ1n) is 19.1. The quantitative estimate of drug-likeness (QED) is 0.0519. The molecule has 9 nitrogen and oxygen atoms in total. The van der Waals surface area contributed by atoms with Gasteiger partial charge in [-0.2, -0.15) is 4.31 Å². The zero-order chi connectivity index (χ0) is 41.7. The number of hydroxylamine groups is 1. The van der Waals surface area contributed by atoms with Crippen molar-refractivity contribution in [1.29, 1.82) is 0 Å². The van der Waals surface area contributed by atoms with Crippen LogP contribution in [0.25, 0.3) is 0 Å². The van der Waals surface area contributed by atoms with E-state index in [1.165, 1.54) is 29.5 Å². The summed E-state index contributed by atoms with van der Waals surface area (Å²) in [5, 5.41) is 0. The topological polar surface area (TPSA) is 105 Å². The lowest BCUT2D eigenvalue weighted by atomic mass is 9.84. The van der Waals surface area contributed by atoms with Gasteiger partial charge in [-0.15, -0.1) is 0 Å². The summed E-state index contributed by atoms with van der Waals surface area (Å²) >= 11 is 0. The second-order valence-corrected chi connectivity index (χ2v) is 16.3. The molecule has 59 heavy (non-hydrogen) atoms. The monoisotopic (exact) mass is 833 g/mol. The van der Waals surface area contributed by atoms with Crippen molar-refractivity contribution in [3.8, 4) is 5.75 Å². The van der Waals surface area contributed by atoms with Crippen molar-refractivity contribution in [2.75, 3.05) is 11.4 Å². The molecule has 0 spiro atoms. The first-order valence-corrected chi connectivity index (χ1v) is 20.6. The van der Waals surface area contributed by atoms with E-state index in [4.69, 9.17) is 9.57 Å². The second-order valence-electron chi connectivity index (χ2n) is 14.5. The summed E-state index contributed by atoms with van der Waals surface area (Å²) in [4.78, 5) is 32.7. The normalized spacial score (nSPS) is 16.0. The van der Waals surface area contributed by atoms with E-state index in [1.807, 2.05) is 84.9 Å². The van der Waals surface area contributed by atoms with Crippen LogP contribution in [0.3, 0.4) is 0 Å². The molecule has 1 unspecified atom stereocenters. The third-order valence-electron chi connectivity index (χ3n) is 10.7. The average Bonchev–Trinajstić information content (AvgIpc) is 3.24. The third kappa shape index (κ3) is 9.02. The molecular weight excluding hydrogens is 794 g/mol. The molecule has 0 bridgehead atoms. The van der Waals surface area contributed by atoms with Gasteiger partial charge in [-0.1, -0.05) is 104 Å². The maximum atomic E-state index is 14.9. The number of benzene rings is 5. The largest absolute Gasteiger partial charge is 0.488 e. The van der Waals surface area contributed by atoms with Crippen LogP contribution in [0.15, 0.2) is 108 Å². The van der Waals surface area contributed by atoms with E-state index < -0.39 is 68.4 Å². The van der Waals surface area contributed by atoms with Crippen LogP contribution in [-0.4, -0.2) is 37.1 Å². The minimum atomic E-state index is -5.42. The number of amides is 2. The van der Waals surface area contributed by atoms with Crippen LogP contribution in [0.4, 0.5) is 27.6 Å². The summed E-state index contributed by atoms with van der Waals surface area (Å²) in [6.45, 7) is -0.475. The molecule has 1 heterocycles. The van der Waals surface area contributed by atoms with Gasteiger partial charge in [0.05, 0.1) is 18.7 Å². The van der Waals surface area contributed by atoms with E-state index in [-0.39, 0.29) is 43.2 Å². The molecule has 1 aliphatic carbocycles. The average molecular weight is 834 g/mol. The Labute approximate surface area is 338 Å². The summed E-state index contributed by atoms with van der Waals surface area (Å²) in [6, 6.07) is 28.6. The van der Waals surface area contributed by atoms with Crippen LogP contribution in [0, 0.1) is 29.1 Å². The summed E-state index contributed by atoms with van der Waals surface area (Å²) in [6.07, 6.45) is 5.43. The SMILES string of the molecule is O=C(NOCc1ccccc1)c1ccc(N(Cc2ccc(C3CCCCC3)cc2)C(=O)C2CCN2S(=O)(=O)c2c(F)c(F)c(F)c(F)c2F)cc1OCc1ccccc1. The molecule has 1 aliphatic heterocycles. The molecule has 308 valence electrons. The third-order valence-corrected chi connectivity index (χ3v) is 12.6. The maximum Gasteiger partial charge on any atom is 0.278 e. The van der Waals surface area contributed by atoms with Crippen molar-refractivity contribution in [3.05, 3.63) is 160 Å². The van der Waals surface area contributed by atoms with Gasteiger partial charge < -0.3 is 9.64 Å². The molecule has 2 fully saturated rings. The lowest BCUT2D eigenvalue weighted by molar-refractivity contribution is -0.125. The van der Waals surface area contributed by atoms with E-state index in [0.29, 0.717) is 15.8 Å². The molecular formula is C44H40F5N3O6S. The molecule has 5 aromatic rings. The molecule has 7 rings (SSSR count). The lowest BCUT2D eigenvalue weighted by Gasteiger charge is -2.41. The predicted octanol–water partition coefficient (Wildman–Crippen LogP) is 8.87. The van der Waals surface area contributed by atoms with Crippen LogP contribution in [0.1, 0.15) is 77.1 Å². The van der Waals surface area contributed by atoms with Gasteiger partial charge in [0.2, 0.25) is 21.7 Å². The van der Waals surface area contributed by atoms with Crippen molar-refractivity contribution < 1.29 is 49.5 Å². The number of ether oxygens (including phenoxy) is 1. The number of rotatable bonds is 14. The Kier molecular flexibility index (Phi) is 12.7. The van der Waals surface area contributed by atoms with Gasteiger partial charge in [-0.3, -0.25) is 14.4 Å². The second kappa shape index (κ2) is 18.1. The highest BCUT2D eigenvalue weighted by atomic mass is 32.2. The first kappa shape index (κ1) is 41.5. The molecule has 1 atom stereocenters. The van der Waals surface area contributed by atoms with Gasteiger partial charge in [0, 0.05) is 18.3 Å². The van der Waals surface area contributed by atoms with Gasteiger partial charge >= 0.3 is 0 Å². The number of nitrogens with zero attached hydrogens (tertiary/aromatic N) is 2. The van der Waals surface area contributed by atoms with E-state index in [9.17, 15) is 40.0 Å². The van der Waals surface area contributed by atoms with E-state index in [2.05, 4.69) is 5.48 Å². The van der Waals surface area contributed by atoms with Crippen molar-refractivity contribution >= 4 is 27.5 Å². The fourth-order valence-corrected chi connectivity index (χ4v) is 9.09. The van der Waals surface area contributed by atoms with Gasteiger partial charge in [-0.25, -0.2) is 35.8 Å². The number of nitrogens with one attached hydrogen (secondary N) is 1.